The van der Waals surface area contributed by atoms with E-state index in [4.69, 9.17) is 0 Å². The molecule has 0 aromatic rings. The first-order valence-corrected chi connectivity index (χ1v) is 11.1. The summed E-state index contributed by atoms with van der Waals surface area (Å²) in [5.74, 6) is 3.11. The van der Waals surface area contributed by atoms with E-state index in [2.05, 4.69) is 34.4 Å². The highest BCUT2D eigenvalue weighted by Crippen LogP contribution is 2.29. The third-order valence-corrected chi connectivity index (χ3v) is 7.05. The summed E-state index contributed by atoms with van der Waals surface area (Å²) >= 11 is 0. The number of nitrogens with zero attached hydrogens (tertiary/aromatic N) is 2. The van der Waals surface area contributed by atoms with Gasteiger partial charge in [-0.1, -0.05) is 13.8 Å². The largest absolute Gasteiger partial charge is 0.355 e. The second-order valence-electron chi connectivity index (χ2n) is 7.49. The SMILES string of the molecule is CN=C(NCCN1CCS(=O)(=O)CC1)NC1CCC(C(C)C)CC1. The third-order valence-electron chi connectivity index (χ3n) is 5.44. The van der Waals surface area contributed by atoms with Crippen LogP contribution < -0.4 is 10.6 Å². The third kappa shape index (κ3) is 6.24. The molecule has 2 N–H and O–H groups in total. The number of sulfone groups is 1. The minimum Gasteiger partial charge on any atom is -0.355 e. The monoisotopic (exact) mass is 358 g/mol. The Morgan fingerprint density at radius 1 is 1.17 bits per heavy atom. The first kappa shape index (κ1) is 19.5. The Hall–Kier alpha value is -0.820. The minimum absolute atomic E-state index is 0.291. The quantitative estimate of drug-likeness (QED) is 0.569. The topological polar surface area (TPSA) is 73.8 Å². The van der Waals surface area contributed by atoms with Gasteiger partial charge in [0.15, 0.2) is 15.8 Å². The normalized spacial score (nSPS) is 28.8. The van der Waals surface area contributed by atoms with Crippen molar-refractivity contribution in [3.8, 4) is 0 Å². The van der Waals surface area contributed by atoms with E-state index in [1.54, 1.807) is 0 Å². The number of aliphatic imine (C=N–C) groups is 1. The summed E-state index contributed by atoms with van der Waals surface area (Å²) in [6.45, 7) is 7.59. The van der Waals surface area contributed by atoms with Crippen LogP contribution in [0, 0.1) is 11.8 Å². The number of hydrogen-bond acceptors (Lipinski definition) is 4. The van der Waals surface area contributed by atoms with Crippen molar-refractivity contribution in [1.29, 1.82) is 0 Å². The lowest BCUT2D eigenvalue weighted by Crippen LogP contribution is -2.48. The first-order chi connectivity index (χ1) is 11.4. The fourth-order valence-electron chi connectivity index (χ4n) is 3.62. The van der Waals surface area contributed by atoms with Crippen LogP contribution in [0.15, 0.2) is 4.99 Å². The molecule has 0 aromatic carbocycles. The van der Waals surface area contributed by atoms with Crippen LogP contribution in [0.4, 0.5) is 0 Å². The van der Waals surface area contributed by atoms with Gasteiger partial charge in [0.2, 0.25) is 0 Å². The van der Waals surface area contributed by atoms with Crippen molar-refractivity contribution in [2.24, 2.45) is 16.8 Å². The van der Waals surface area contributed by atoms with Gasteiger partial charge >= 0.3 is 0 Å². The number of guanidine groups is 1. The Morgan fingerprint density at radius 2 is 1.79 bits per heavy atom. The molecule has 0 atom stereocenters. The summed E-state index contributed by atoms with van der Waals surface area (Å²) in [6, 6.07) is 0.520. The van der Waals surface area contributed by atoms with Gasteiger partial charge < -0.3 is 10.6 Å². The lowest BCUT2D eigenvalue weighted by atomic mass is 9.80. The van der Waals surface area contributed by atoms with E-state index in [0.717, 1.165) is 30.9 Å². The van der Waals surface area contributed by atoms with E-state index in [-0.39, 0.29) is 0 Å². The van der Waals surface area contributed by atoms with Crippen LogP contribution >= 0.6 is 0 Å². The summed E-state index contributed by atoms with van der Waals surface area (Å²) < 4.78 is 22.9. The van der Waals surface area contributed by atoms with Crippen molar-refractivity contribution in [1.82, 2.24) is 15.5 Å². The molecule has 0 bridgehead atoms. The van der Waals surface area contributed by atoms with Crippen molar-refractivity contribution in [3.05, 3.63) is 0 Å². The molecule has 140 valence electrons. The van der Waals surface area contributed by atoms with Crippen LogP contribution in [-0.2, 0) is 9.84 Å². The Labute approximate surface area is 147 Å². The molecule has 1 saturated heterocycles. The van der Waals surface area contributed by atoms with Crippen LogP contribution in [0.1, 0.15) is 39.5 Å². The van der Waals surface area contributed by atoms with Crippen LogP contribution in [0.3, 0.4) is 0 Å². The van der Waals surface area contributed by atoms with Gasteiger partial charge in [0.1, 0.15) is 0 Å². The summed E-state index contributed by atoms with van der Waals surface area (Å²) in [5.41, 5.74) is 0. The van der Waals surface area contributed by atoms with E-state index < -0.39 is 9.84 Å². The van der Waals surface area contributed by atoms with Crippen LogP contribution in [0.2, 0.25) is 0 Å². The molecule has 0 amide bonds. The predicted molar refractivity (Wildman–Crippen MR) is 100 cm³/mol. The van der Waals surface area contributed by atoms with Gasteiger partial charge in [0.05, 0.1) is 11.5 Å². The zero-order valence-electron chi connectivity index (χ0n) is 15.4. The summed E-state index contributed by atoms with van der Waals surface area (Å²) in [5, 5.41) is 6.91. The molecule has 0 aromatic heterocycles. The first-order valence-electron chi connectivity index (χ1n) is 9.29. The number of nitrogens with one attached hydrogen (secondary N) is 2. The summed E-state index contributed by atoms with van der Waals surface area (Å²) in [7, 11) is -0.982. The van der Waals surface area contributed by atoms with E-state index in [1.807, 2.05) is 7.05 Å². The van der Waals surface area contributed by atoms with E-state index >= 15 is 0 Å². The standard InChI is InChI=1S/C17H34N4O2S/c1-14(2)15-4-6-16(7-5-15)20-17(18-3)19-8-9-21-10-12-24(22,23)13-11-21/h14-16H,4-13H2,1-3H3,(H2,18,19,20). The molecular formula is C17H34N4O2S. The molecule has 0 unspecified atom stereocenters. The van der Waals surface area contributed by atoms with Gasteiger partial charge in [-0.3, -0.25) is 9.89 Å². The maximum absolute atomic E-state index is 11.4. The van der Waals surface area contributed by atoms with Crippen molar-refractivity contribution < 1.29 is 8.42 Å². The Morgan fingerprint density at radius 3 is 2.33 bits per heavy atom. The minimum atomic E-state index is -2.79. The fourth-order valence-corrected chi connectivity index (χ4v) is 4.90. The maximum atomic E-state index is 11.4. The van der Waals surface area contributed by atoms with Gasteiger partial charge in [-0.15, -0.1) is 0 Å². The average Bonchev–Trinajstić information content (AvgIpc) is 2.56. The molecule has 1 saturated carbocycles. The highest BCUT2D eigenvalue weighted by Gasteiger charge is 2.24. The molecule has 0 radical (unpaired) electrons. The van der Waals surface area contributed by atoms with Crippen LogP contribution in [0.25, 0.3) is 0 Å². The van der Waals surface area contributed by atoms with Gasteiger partial charge in [-0.25, -0.2) is 8.42 Å². The van der Waals surface area contributed by atoms with E-state index in [0.29, 0.717) is 30.6 Å². The van der Waals surface area contributed by atoms with Crippen LogP contribution in [-0.4, -0.2) is 70.1 Å². The molecule has 1 heterocycles. The molecule has 2 fully saturated rings. The molecule has 1 aliphatic carbocycles. The molecular weight excluding hydrogens is 324 g/mol. The van der Waals surface area contributed by atoms with Crippen molar-refractivity contribution in [2.45, 2.75) is 45.6 Å². The van der Waals surface area contributed by atoms with Gasteiger partial charge in [-0.2, -0.15) is 0 Å². The van der Waals surface area contributed by atoms with Crippen molar-refractivity contribution >= 4 is 15.8 Å². The lowest BCUT2D eigenvalue weighted by molar-refractivity contribution is 0.249. The fraction of sp³-hybridized carbons (Fsp3) is 0.941. The molecule has 24 heavy (non-hydrogen) atoms. The number of rotatable bonds is 5. The zero-order chi connectivity index (χ0) is 17.6. The van der Waals surface area contributed by atoms with E-state index in [9.17, 15) is 8.42 Å². The van der Waals surface area contributed by atoms with Crippen molar-refractivity contribution in [3.63, 3.8) is 0 Å². The zero-order valence-corrected chi connectivity index (χ0v) is 16.2. The van der Waals surface area contributed by atoms with Gasteiger partial charge in [0, 0.05) is 39.3 Å². The Balaban J connectivity index is 1.65. The average molecular weight is 359 g/mol. The molecule has 2 aliphatic rings. The second-order valence-corrected chi connectivity index (χ2v) is 9.80. The molecule has 0 spiro atoms. The molecule has 6 nitrogen and oxygen atoms in total. The van der Waals surface area contributed by atoms with Crippen molar-refractivity contribution in [2.75, 3.05) is 44.7 Å². The Bertz CT molecular complexity index is 497. The predicted octanol–water partition coefficient (Wildman–Crippen LogP) is 1.10. The lowest BCUT2D eigenvalue weighted by Gasteiger charge is -2.32. The van der Waals surface area contributed by atoms with Gasteiger partial charge in [0.25, 0.3) is 0 Å². The molecule has 7 heteroatoms. The molecule has 2 rings (SSSR count). The smallest absolute Gasteiger partial charge is 0.191 e. The summed E-state index contributed by atoms with van der Waals surface area (Å²) in [6.07, 6.45) is 5.03. The highest BCUT2D eigenvalue weighted by atomic mass is 32.2. The maximum Gasteiger partial charge on any atom is 0.191 e. The van der Waals surface area contributed by atoms with E-state index in [1.165, 1.54) is 25.7 Å². The Kier molecular flexibility index (Phi) is 7.34. The van der Waals surface area contributed by atoms with Crippen LogP contribution in [0.5, 0.6) is 0 Å². The highest BCUT2D eigenvalue weighted by molar-refractivity contribution is 7.91. The number of hydrogen-bond donors (Lipinski definition) is 2. The second kappa shape index (κ2) is 9.04. The molecule has 1 aliphatic heterocycles. The summed E-state index contributed by atoms with van der Waals surface area (Å²) in [4.78, 5) is 6.53. The van der Waals surface area contributed by atoms with Gasteiger partial charge in [-0.05, 0) is 37.5 Å².